The first kappa shape index (κ1) is 13.3. The van der Waals surface area contributed by atoms with Crippen LogP contribution in [0.5, 0.6) is 0 Å². The maximum atomic E-state index is 13.8. The summed E-state index contributed by atoms with van der Waals surface area (Å²) in [7, 11) is 0. The molecule has 0 fully saturated rings. The number of hydrogen-bond acceptors (Lipinski definition) is 5. The quantitative estimate of drug-likeness (QED) is 0.510. The molecule has 19 heavy (non-hydrogen) atoms. The zero-order valence-corrected chi connectivity index (χ0v) is 10.6. The molecule has 3 N–H and O–H groups in total. The van der Waals surface area contributed by atoms with Gasteiger partial charge in [-0.15, -0.1) is 17.9 Å². The van der Waals surface area contributed by atoms with Crippen LogP contribution in [0.3, 0.4) is 0 Å². The molecule has 1 heterocycles. The van der Waals surface area contributed by atoms with E-state index in [0.29, 0.717) is 9.71 Å². The fraction of sp³-hybridized carbons (Fsp3) is 0.167. The topological polar surface area (TPSA) is 85.4 Å². The van der Waals surface area contributed by atoms with Crippen LogP contribution >= 0.6 is 11.3 Å². The molecule has 7 heteroatoms. The lowest BCUT2D eigenvalue weighted by molar-refractivity contribution is 0.0524. The van der Waals surface area contributed by atoms with Crippen molar-refractivity contribution in [3.63, 3.8) is 0 Å². The fourth-order valence-electron chi connectivity index (χ4n) is 1.60. The molecular weight excluding hydrogens is 271 g/mol. The number of benzene rings is 1. The van der Waals surface area contributed by atoms with Crippen LogP contribution in [0, 0.1) is 5.82 Å². The molecule has 1 atom stereocenters. The van der Waals surface area contributed by atoms with Crippen molar-refractivity contribution >= 4 is 33.4 Å². The molecule has 0 aliphatic rings. The molecule has 0 saturated heterocycles. The summed E-state index contributed by atoms with van der Waals surface area (Å²) < 4.78 is 19.1. The predicted molar refractivity (Wildman–Crippen MR) is 70.7 cm³/mol. The number of thiazole rings is 1. The number of anilines is 1. The van der Waals surface area contributed by atoms with Gasteiger partial charge in [0.05, 0.1) is 10.4 Å². The number of halogens is 1. The van der Waals surface area contributed by atoms with Crippen molar-refractivity contribution < 1.29 is 19.0 Å². The molecule has 0 aliphatic carbocycles. The first-order valence-corrected chi connectivity index (χ1v) is 6.19. The van der Waals surface area contributed by atoms with Gasteiger partial charge in [-0.2, -0.15) is 0 Å². The van der Waals surface area contributed by atoms with Gasteiger partial charge >= 0.3 is 6.16 Å². The second kappa shape index (κ2) is 5.23. The highest BCUT2D eigenvalue weighted by atomic mass is 32.1. The molecule has 2 aromatic rings. The molecule has 5 nitrogen and oxygen atoms in total. The summed E-state index contributed by atoms with van der Waals surface area (Å²) >= 11 is 1.17. The summed E-state index contributed by atoms with van der Waals surface area (Å²) in [6, 6.07) is 3.08. The maximum absolute atomic E-state index is 13.8. The van der Waals surface area contributed by atoms with E-state index in [0.717, 1.165) is 0 Å². The number of nitrogen functional groups attached to an aromatic ring is 1. The van der Waals surface area contributed by atoms with Crippen LogP contribution in [0.1, 0.15) is 17.5 Å². The summed E-state index contributed by atoms with van der Waals surface area (Å²) in [5.41, 5.74) is 5.59. The summed E-state index contributed by atoms with van der Waals surface area (Å²) in [5, 5.41) is 9.05. The van der Waals surface area contributed by atoms with Gasteiger partial charge in [-0.1, -0.05) is 6.08 Å². The van der Waals surface area contributed by atoms with Gasteiger partial charge in [0.1, 0.15) is 10.5 Å². The summed E-state index contributed by atoms with van der Waals surface area (Å²) in [6.07, 6.45) is -0.410. The Labute approximate surface area is 112 Å². The number of nitrogens with zero attached hydrogens (tertiary/aromatic N) is 1. The van der Waals surface area contributed by atoms with Crippen LogP contribution < -0.4 is 5.73 Å². The third-order valence-corrected chi connectivity index (χ3v) is 3.56. The normalized spacial score (nSPS) is 12.3. The Bertz CT molecular complexity index is 641. The number of fused-ring (bicyclic) bond motifs is 1. The van der Waals surface area contributed by atoms with Crippen molar-refractivity contribution in [3.8, 4) is 0 Å². The third kappa shape index (κ3) is 2.65. The number of hydrogen-bond donors (Lipinski definition) is 2. The molecular formula is C12H11FN2O3S. The van der Waals surface area contributed by atoms with Gasteiger partial charge in [0.25, 0.3) is 0 Å². The summed E-state index contributed by atoms with van der Waals surface area (Å²) in [4.78, 5) is 14.7. The number of carbonyl (C=O) groups is 1. The second-order valence-corrected chi connectivity index (χ2v) is 4.83. The lowest BCUT2D eigenvalue weighted by Crippen LogP contribution is -2.08. The smallest absolute Gasteiger partial charge is 0.450 e. The van der Waals surface area contributed by atoms with Gasteiger partial charge in [0.2, 0.25) is 0 Å². The standard InChI is InChI=1S/C12H11FN2O3S/c1-2-3-7(18-12(16)17)11-15-10-8(19-11)5-4-6(14)9(10)13/h2,4-5,7H,1,3,14H2,(H,16,17). The van der Waals surface area contributed by atoms with Gasteiger partial charge in [0, 0.05) is 6.42 Å². The minimum Gasteiger partial charge on any atom is -0.450 e. The molecule has 0 bridgehead atoms. The van der Waals surface area contributed by atoms with E-state index in [4.69, 9.17) is 15.6 Å². The zero-order valence-electron chi connectivity index (χ0n) is 9.80. The second-order valence-electron chi connectivity index (χ2n) is 3.76. The fourth-order valence-corrected chi connectivity index (χ4v) is 2.61. The first-order valence-electron chi connectivity index (χ1n) is 5.37. The molecule has 1 aromatic carbocycles. The van der Waals surface area contributed by atoms with Crippen molar-refractivity contribution in [2.24, 2.45) is 0 Å². The highest BCUT2D eigenvalue weighted by molar-refractivity contribution is 7.18. The van der Waals surface area contributed by atoms with Gasteiger partial charge < -0.3 is 15.6 Å². The lowest BCUT2D eigenvalue weighted by Gasteiger charge is -2.10. The van der Waals surface area contributed by atoms with E-state index < -0.39 is 18.1 Å². The molecule has 0 aliphatic heterocycles. The Kier molecular flexibility index (Phi) is 3.66. The van der Waals surface area contributed by atoms with Crippen molar-refractivity contribution in [2.75, 3.05) is 5.73 Å². The van der Waals surface area contributed by atoms with E-state index >= 15 is 0 Å². The van der Waals surface area contributed by atoms with Crippen LogP contribution in [0.15, 0.2) is 24.8 Å². The largest absolute Gasteiger partial charge is 0.506 e. The van der Waals surface area contributed by atoms with E-state index in [1.54, 1.807) is 6.07 Å². The van der Waals surface area contributed by atoms with Crippen LogP contribution in [0.4, 0.5) is 14.9 Å². The summed E-state index contributed by atoms with van der Waals surface area (Å²) in [6.45, 7) is 3.53. The van der Waals surface area contributed by atoms with Crippen LogP contribution in [-0.2, 0) is 4.74 Å². The van der Waals surface area contributed by atoms with Crippen LogP contribution in [0.25, 0.3) is 10.2 Å². The van der Waals surface area contributed by atoms with E-state index in [1.807, 2.05) is 0 Å². The number of carboxylic acid groups (broad SMARTS) is 1. The molecule has 0 radical (unpaired) electrons. The molecule has 0 saturated carbocycles. The predicted octanol–water partition coefficient (Wildman–Crippen LogP) is 3.33. The molecule has 100 valence electrons. The van der Waals surface area contributed by atoms with Gasteiger partial charge in [0.15, 0.2) is 11.9 Å². The number of nitrogens with two attached hydrogens (primary N) is 1. The van der Waals surface area contributed by atoms with E-state index in [2.05, 4.69) is 11.6 Å². The monoisotopic (exact) mass is 282 g/mol. The molecule has 0 amide bonds. The Morgan fingerprint density at radius 2 is 2.42 bits per heavy atom. The molecule has 1 aromatic heterocycles. The SMILES string of the molecule is C=CCC(OC(=O)O)c1nc2c(F)c(N)ccc2s1. The summed E-state index contributed by atoms with van der Waals surface area (Å²) in [5.74, 6) is -0.604. The number of aromatic nitrogens is 1. The van der Waals surface area contributed by atoms with Crippen molar-refractivity contribution in [2.45, 2.75) is 12.5 Å². The Balaban J connectivity index is 2.45. The zero-order chi connectivity index (χ0) is 14.0. The van der Waals surface area contributed by atoms with Gasteiger partial charge in [-0.3, -0.25) is 0 Å². The average Bonchev–Trinajstić information content (AvgIpc) is 2.77. The average molecular weight is 282 g/mol. The Hall–Kier alpha value is -2.15. The molecule has 0 spiro atoms. The minimum absolute atomic E-state index is 0.00349. The third-order valence-electron chi connectivity index (χ3n) is 2.44. The molecule has 2 rings (SSSR count). The van der Waals surface area contributed by atoms with E-state index in [-0.39, 0.29) is 17.6 Å². The van der Waals surface area contributed by atoms with Gasteiger partial charge in [-0.25, -0.2) is 14.2 Å². The van der Waals surface area contributed by atoms with Crippen molar-refractivity contribution in [1.82, 2.24) is 4.98 Å². The highest BCUT2D eigenvalue weighted by Gasteiger charge is 2.21. The first-order chi connectivity index (χ1) is 9.02. The van der Waals surface area contributed by atoms with Crippen LogP contribution in [-0.4, -0.2) is 16.2 Å². The van der Waals surface area contributed by atoms with Crippen molar-refractivity contribution in [1.29, 1.82) is 0 Å². The molecule has 1 unspecified atom stereocenters. The number of rotatable bonds is 4. The minimum atomic E-state index is -1.41. The van der Waals surface area contributed by atoms with Crippen LogP contribution in [0.2, 0.25) is 0 Å². The van der Waals surface area contributed by atoms with Gasteiger partial charge in [-0.05, 0) is 12.1 Å². The highest BCUT2D eigenvalue weighted by Crippen LogP contribution is 2.33. The van der Waals surface area contributed by atoms with E-state index in [9.17, 15) is 9.18 Å². The lowest BCUT2D eigenvalue weighted by atomic mass is 10.2. The Morgan fingerprint density at radius 3 is 3.05 bits per heavy atom. The van der Waals surface area contributed by atoms with Crippen molar-refractivity contribution in [3.05, 3.63) is 35.6 Å². The number of ether oxygens (including phenoxy) is 1. The van der Waals surface area contributed by atoms with E-state index in [1.165, 1.54) is 23.5 Å². The Morgan fingerprint density at radius 1 is 1.68 bits per heavy atom. The maximum Gasteiger partial charge on any atom is 0.506 e.